The first-order valence-electron chi connectivity index (χ1n) is 7.27. The molecule has 0 saturated carbocycles. The van der Waals surface area contributed by atoms with E-state index in [0.717, 1.165) is 19.6 Å². The number of nitrogens with zero attached hydrogens (tertiary/aromatic N) is 2. The van der Waals surface area contributed by atoms with Gasteiger partial charge in [-0.15, -0.1) is 0 Å². The second-order valence-electron chi connectivity index (χ2n) is 5.75. The van der Waals surface area contributed by atoms with Gasteiger partial charge in [0.15, 0.2) is 5.96 Å². The summed E-state index contributed by atoms with van der Waals surface area (Å²) in [4.78, 5) is 6.61. The van der Waals surface area contributed by atoms with Crippen molar-refractivity contribution in [3.05, 3.63) is 35.9 Å². The summed E-state index contributed by atoms with van der Waals surface area (Å²) in [5, 5.41) is 3.19. The molecule has 1 aromatic rings. The highest BCUT2D eigenvalue weighted by Gasteiger charge is 2.09. The highest BCUT2D eigenvalue weighted by atomic mass is 15.2. The summed E-state index contributed by atoms with van der Waals surface area (Å²) in [6, 6.07) is 10.9. The van der Waals surface area contributed by atoms with Gasteiger partial charge in [-0.1, -0.05) is 44.2 Å². The van der Waals surface area contributed by atoms with E-state index < -0.39 is 0 Å². The van der Waals surface area contributed by atoms with E-state index in [9.17, 15) is 0 Å². The van der Waals surface area contributed by atoms with Crippen molar-refractivity contribution in [2.24, 2.45) is 16.6 Å². The molecule has 0 bridgehead atoms. The molecule has 0 saturated heterocycles. The Morgan fingerprint density at radius 3 is 2.50 bits per heavy atom. The Morgan fingerprint density at radius 2 is 1.90 bits per heavy atom. The third kappa shape index (κ3) is 6.57. The van der Waals surface area contributed by atoms with Crippen molar-refractivity contribution in [2.45, 2.75) is 33.4 Å². The Balaban J connectivity index is 2.35. The molecule has 3 N–H and O–H groups in total. The van der Waals surface area contributed by atoms with Crippen LogP contribution >= 0.6 is 0 Å². The Bertz CT molecular complexity index is 400. The topological polar surface area (TPSA) is 53.6 Å². The second kappa shape index (κ2) is 8.59. The molecule has 4 nitrogen and oxygen atoms in total. The minimum Gasteiger partial charge on any atom is -0.370 e. The summed E-state index contributed by atoms with van der Waals surface area (Å²) in [6.45, 7) is 8.96. The molecule has 1 unspecified atom stereocenters. The quantitative estimate of drug-likeness (QED) is 0.592. The molecule has 1 atom stereocenters. The van der Waals surface area contributed by atoms with Crippen LogP contribution in [0.3, 0.4) is 0 Å². The van der Waals surface area contributed by atoms with Crippen LogP contribution in [0.1, 0.15) is 26.3 Å². The number of likely N-dealkylation sites (N-methyl/N-ethyl adjacent to an activating group) is 1. The summed E-state index contributed by atoms with van der Waals surface area (Å²) in [5.74, 6) is 1.08. The molecule has 0 aliphatic heterocycles. The lowest BCUT2D eigenvalue weighted by Crippen LogP contribution is -2.42. The third-order valence-corrected chi connectivity index (χ3v) is 3.23. The molecule has 0 heterocycles. The molecule has 0 amide bonds. The summed E-state index contributed by atoms with van der Waals surface area (Å²) in [7, 11) is 2.13. The zero-order valence-electron chi connectivity index (χ0n) is 13.1. The molecule has 0 aromatic heterocycles. The second-order valence-corrected chi connectivity index (χ2v) is 5.75. The molecular weight excluding hydrogens is 248 g/mol. The van der Waals surface area contributed by atoms with E-state index in [4.69, 9.17) is 5.73 Å². The first-order chi connectivity index (χ1) is 9.49. The van der Waals surface area contributed by atoms with Crippen molar-refractivity contribution in [1.82, 2.24) is 10.2 Å². The number of rotatable bonds is 7. The smallest absolute Gasteiger partial charge is 0.188 e. The summed E-state index contributed by atoms with van der Waals surface area (Å²) in [5.41, 5.74) is 7.17. The van der Waals surface area contributed by atoms with Crippen LogP contribution in [0.2, 0.25) is 0 Å². The van der Waals surface area contributed by atoms with Crippen molar-refractivity contribution in [1.29, 1.82) is 0 Å². The maximum atomic E-state index is 5.84. The predicted molar refractivity (Wildman–Crippen MR) is 86.7 cm³/mol. The van der Waals surface area contributed by atoms with E-state index in [1.807, 2.05) is 6.07 Å². The molecule has 0 radical (unpaired) electrons. The van der Waals surface area contributed by atoms with E-state index in [0.29, 0.717) is 17.9 Å². The fraction of sp³-hybridized carbons (Fsp3) is 0.562. The molecule has 0 spiro atoms. The van der Waals surface area contributed by atoms with Gasteiger partial charge in [0.25, 0.3) is 0 Å². The third-order valence-electron chi connectivity index (χ3n) is 3.23. The predicted octanol–water partition coefficient (Wildman–Crippen LogP) is 2.07. The van der Waals surface area contributed by atoms with Gasteiger partial charge < -0.3 is 11.1 Å². The van der Waals surface area contributed by atoms with Crippen molar-refractivity contribution in [2.75, 3.05) is 20.1 Å². The zero-order chi connectivity index (χ0) is 15.0. The summed E-state index contributed by atoms with van der Waals surface area (Å²) < 4.78 is 0. The van der Waals surface area contributed by atoms with Crippen molar-refractivity contribution < 1.29 is 0 Å². The van der Waals surface area contributed by atoms with Crippen LogP contribution in [0.15, 0.2) is 35.3 Å². The van der Waals surface area contributed by atoms with Crippen LogP contribution in [0.4, 0.5) is 0 Å². The van der Waals surface area contributed by atoms with E-state index >= 15 is 0 Å². The van der Waals surface area contributed by atoms with Crippen LogP contribution in [-0.2, 0) is 6.54 Å². The van der Waals surface area contributed by atoms with Gasteiger partial charge in [-0.05, 0) is 25.5 Å². The van der Waals surface area contributed by atoms with Gasteiger partial charge in [-0.2, -0.15) is 0 Å². The highest BCUT2D eigenvalue weighted by molar-refractivity contribution is 5.77. The lowest BCUT2D eigenvalue weighted by Gasteiger charge is -2.25. The van der Waals surface area contributed by atoms with E-state index in [1.165, 1.54) is 5.56 Å². The first kappa shape index (κ1) is 16.5. The average molecular weight is 276 g/mol. The molecule has 1 aromatic carbocycles. The van der Waals surface area contributed by atoms with Crippen LogP contribution in [0, 0.1) is 5.92 Å². The minimum absolute atomic E-state index is 0.392. The Labute approximate surface area is 123 Å². The van der Waals surface area contributed by atoms with Gasteiger partial charge in [0.2, 0.25) is 0 Å². The number of guanidine groups is 1. The van der Waals surface area contributed by atoms with E-state index in [1.54, 1.807) is 0 Å². The zero-order valence-corrected chi connectivity index (χ0v) is 13.1. The normalized spacial score (nSPS) is 13.8. The standard InChI is InChI=1S/C16H28N4/c1-13(2)10-18-16(17)19-11-14(3)20(4)12-15-8-6-5-7-9-15/h5-9,13-14H,10-12H2,1-4H3,(H3,17,18,19). The largest absolute Gasteiger partial charge is 0.370 e. The van der Waals surface area contributed by atoms with Crippen molar-refractivity contribution in [3.63, 3.8) is 0 Å². The Morgan fingerprint density at radius 1 is 1.25 bits per heavy atom. The van der Waals surface area contributed by atoms with Gasteiger partial charge in [0.1, 0.15) is 0 Å². The van der Waals surface area contributed by atoms with Gasteiger partial charge in [-0.3, -0.25) is 9.89 Å². The van der Waals surface area contributed by atoms with Gasteiger partial charge >= 0.3 is 0 Å². The number of nitrogens with one attached hydrogen (secondary N) is 1. The monoisotopic (exact) mass is 276 g/mol. The number of hydrogen-bond donors (Lipinski definition) is 2. The number of hydrogen-bond acceptors (Lipinski definition) is 2. The fourth-order valence-corrected chi connectivity index (χ4v) is 1.77. The summed E-state index contributed by atoms with van der Waals surface area (Å²) >= 11 is 0. The molecular formula is C16H28N4. The molecule has 112 valence electrons. The fourth-order valence-electron chi connectivity index (χ4n) is 1.77. The lowest BCUT2D eigenvalue weighted by atomic mass is 10.2. The highest BCUT2D eigenvalue weighted by Crippen LogP contribution is 2.05. The van der Waals surface area contributed by atoms with Crippen LogP contribution < -0.4 is 11.1 Å². The molecule has 20 heavy (non-hydrogen) atoms. The van der Waals surface area contributed by atoms with Crippen LogP contribution in [-0.4, -0.2) is 37.0 Å². The SMILES string of the molecule is CC(C)CN=C(N)NCC(C)N(C)Cc1ccccc1. The van der Waals surface area contributed by atoms with Gasteiger partial charge in [0.05, 0.1) is 0 Å². The molecule has 0 aliphatic carbocycles. The number of benzene rings is 1. The Kier molecular flexibility index (Phi) is 7.09. The van der Waals surface area contributed by atoms with E-state index in [2.05, 4.69) is 67.3 Å². The average Bonchev–Trinajstić information content (AvgIpc) is 2.43. The molecule has 4 heteroatoms. The first-order valence-corrected chi connectivity index (χ1v) is 7.27. The van der Waals surface area contributed by atoms with E-state index in [-0.39, 0.29) is 0 Å². The Hall–Kier alpha value is -1.55. The summed E-state index contributed by atoms with van der Waals surface area (Å²) in [6.07, 6.45) is 0. The van der Waals surface area contributed by atoms with Crippen LogP contribution in [0.25, 0.3) is 0 Å². The van der Waals surface area contributed by atoms with Gasteiger partial charge in [-0.25, -0.2) is 0 Å². The minimum atomic E-state index is 0.392. The molecule has 0 aliphatic rings. The van der Waals surface area contributed by atoms with Crippen molar-refractivity contribution in [3.8, 4) is 0 Å². The lowest BCUT2D eigenvalue weighted by molar-refractivity contribution is 0.249. The van der Waals surface area contributed by atoms with Crippen molar-refractivity contribution >= 4 is 5.96 Å². The molecule has 0 fully saturated rings. The number of aliphatic imine (C=N–C) groups is 1. The number of nitrogens with two attached hydrogens (primary N) is 1. The van der Waals surface area contributed by atoms with Crippen LogP contribution in [0.5, 0.6) is 0 Å². The molecule has 1 rings (SSSR count). The maximum absolute atomic E-state index is 5.84. The van der Waals surface area contributed by atoms with Gasteiger partial charge in [0, 0.05) is 25.7 Å². The maximum Gasteiger partial charge on any atom is 0.188 e.